The summed E-state index contributed by atoms with van der Waals surface area (Å²) in [6.45, 7) is -3.40. The molecule has 0 unspecified atom stereocenters. The number of hydrogen-bond donors (Lipinski definition) is 1. The first-order valence-electron chi connectivity index (χ1n) is 7.31. The van der Waals surface area contributed by atoms with Crippen LogP contribution in [0.15, 0.2) is 47.6 Å². The van der Waals surface area contributed by atoms with Crippen molar-refractivity contribution < 1.29 is 32.2 Å². The van der Waals surface area contributed by atoms with Gasteiger partial charge in [-0.1, -0.05) is 12.1 Å². The summed E-state index contributed by atoms with van der Waals surface area (Å²) in [5.41, 5.74) is 2.67. The molecule has 6 nitrogen and oxygen atoms in total. The molecule has 2 aromatic carbocycles. The minimum atomic E-state index is -2.97. The maximum Gasteiger partial charge on any atom is 0.387 e. The van der Waals surface area contributed by atoms with Gasteiger partial charge in [-0.3, -0.25) is 4.79 Å². The van der Waals surface area contributed by atoms with Crippen LogP contribution in [-0.4, -0.2) is 32.4 Å². The molecule has 0 heterocycles. The van der Waals surface area contributed by atoms with E-state index in [0.717, 1.165) is 0 Å². The summed E-state index contributed by atoms with van der Waals surface area (Å²) in [5, 5.41) is 3.70. The Balaban J connectivity index is 1.89. The number of nitrogens with zero attached hydrogens (tertiary/aromatic N) is 1. The smallest absolute Gasteiger partial charge is 0.387 e. The summed E-state index contributed by atoms with van der Waals surface area (Å²) in [4.78, 5) is 11.6. The van der Waals surface area contributed by atoms with Gasteiger partial charge in [0.15, 0.2) is 29.7 Å². The number of rotatable bonds is 8. The second-order valence-electron chi connectivity index (χ2n) is 4.80. The Morgan fingerprint density at radius 3 is 2.65 bits per heavy atom. The van der Waals surface area contributed by atoms with Gasteiger partial charge in [-0.15, -0.1) is 0 Å². The van der Waals surface area contributed by atoms with E-state index < -0.39 is 24.9 Å². The monoisotopic (exact) mass is 368 g/mol. The van der Waals surface area contributed by atoms with Gasteiger partial charge in [0.05, 0.1) is 13.3 Å². The highest BCUT2D eigenvalue weighted by Gasteiger charge is 2.10. The molecule has 0 spiro atoms. The average molecular weight is 368 g/mol. The first-order chi connectivity index (χ1) is 12.5. The molecule has 0 aliphatic carbocycles. The summed E-state index contributed by atoms with van der Waals surface area (Å²) < 4.78 is 52.1. The van der Waals surface area contributed by atoms with Gasteiger partial charge in [0.1, 0.15) is 0 Å². The number of alkyl halides is 2. The van der Waals surface area contributed by atoms with Crippen molar-refractivity contribution in [3.63, 3.8) is 0 Å². The van der Waals surface area contributed by atoms with Crippen molar-refractivity contribution in [3.05, 3.63) is 53.8 Å². The van der Waals surface area contributed by atoms with Crippen LogP contribution in [0.1, 0.15) is 5.56 Å². The van der Waals surface area contributed by atoms with Gasteiger partial charge >= 0.3 is 6.61 Å². The molecule has 138 valence electrons. The zero-order valence-electron chi connectivity index (χ0n) is 13.6. The Bertz CT molecular complexity index is 784. The SMILES string of the molecule is COc1cc(/C=N\NC(=O)COc2ccccc2F)ccc1OC(F)F. The van der Waals surface area contributed by atoms with Crippen molar-refractivity contribution >= 4 is 12.1 Å². The highest BCUT2D eigenvalue weighted by atomic mass is 19.3. The molecule has 2 aromatic rings. The molecule has 0 fully saturated rings. The van der Waals surface area contributed by atoms with Crippen molar-refractivity contribution in [1.29, 1.82) is 0 Å². The number of methoxy groups -OCH3 is 1. The number of carbonyl (C=O) groups is 1. The van der Waals surface area contributed by atoms with E-state index in [1.165, 1.54) is 49.7 Å². The molecule has 1 amide bonds. The number of nitrogens with one attached hydrogen (secondary N) is 1. The van der Waals surface area contributed by atoms with Crippen molar-refractivity contribution in [3.8, 4) is 17.2 Å². The van der Waals surface area contributed by atoms with Gasteiger partial charge in [-0.25, -0.2) is 9.82 Å². The third-order valence-corrected chi connectivity index (χ3v) is 3.00. The lowest BCUT2D eigenvalue weighted by Crippen LogP contribution is -2.24. The Labute approximate surface area is 147 Å². The minimum absolute atomic E-state index is 0.0500. The van der Waals surface area contributed by atoms with Crippen LogP contribution in [0.4, 0.5) is 13.2 Å². The van der Waals surface area contributed by atoms with Gasteiger partial charge in [0.25, 0.3) is 5.91 Å². The number of carbonyl (C=O) groups excluding carboxylic acids is 1. The molecule has 0 radical (unpaired) electrons. The second-order valence-corrected chi connectivity index (χ2v) is 4.80. The normalized spacial score (nSPS) is 10.8. The first kappa shape index (κ1) is 19.1. The molecule has 0 saturated carbocycles. The Hall–Kier alpha value is -3.23. The molecule has 0 atom stereocenters. The standard InChI is InChI=1S/C17H15F3N2O4/c1-24-15-8-11(6-7-14(15)26-17(19)20)9-21-22-16(23)10-25-13-5-3-2-4-12(13)18/h2-9,17H,10H2,1H3,(H,22,23)/b21-9-. The third-order valence-electron chi connectivity index (χ3n) is 3.00. The van der Waals surface area contributed by atoms with Crippen molar-refractivity contribution in [1.82, 2.24) is 5.43 Å². The third kappa shape index (κ3) is 5.69. The maximum atomic E-state index is 13.3. The molecular weight excluding hydrogens is 353 g/mol. The van der Waals surface area contributed by atoms with Crippen molar-refractivity contribution in [2.24, 2.45) is 5.10 Å². The fraction of sp³-hybridized carbons (Fsp3) is 0.176. The lowest BCUT2D eigenvalue weighted by atomic mass is 10.2. The minimum Gasteiger partial charge on any atom is -0.493 e. The number of hydrogen-bond acceptors (Lipinski definition) is 5. The lowest BCUT2D eigenvalue weighted by molar-refractivity contribution is -0.123. The molecule has 0 saturated heterocycles. The van der Waals surface area contributed by atoms with E-state index in [1.807, 2.05) is 0 Å². The molecule has 0 aliphatic rings. The van der Waals surface area contributed by atoms with Gasteiger partial charge < -0.3 is 14.2 Å². The molecular formula is C17H15F3N2O4. The predicted octanol–water partition coefficient (Wildman–Crippen LogP) is 2.96. The number of hydrazone groups is 1. The Morgan fingerprint density at radius 1 is 1.19 bits per heavy atom. The highest BCUT2D eigenvalue weighted by Crippen LogP contribution is 2.28. The van der Waals surface area contributed by atoms with Crippen LogP contribution in [0.5, 0.6) is 17.2 Å². The molecule has 1 N–H and O–H groups in total. The van der Waals surface area contributed by atoms with E-state index in [9.17, 15) is 18.0 Å². The number of para-hydroxylation sites is 1. The molecule has 9 heteroatoms. The van der Waals surface area contributed by atoms with Crippen LogP contribution in [0, 0.1) is 5.82 Å². The van der Waals surface area contributed by atoms with Crippen molar-refractivity contribution in [2.75, 3.05) is 13.7 Å². The number of benzene rings is 2. The van der Waals surface area contributed by atoms with Crippen LogP contribution < -0.4 is 19.6 Å². The van der Waals surface area contributed by atoms with Gasteiger partial charge in [-0.05, 0) is 35.9 Å². The number of halogens is 3. The topological polar surface area (TPSA) is 69.2 Å². The van der Waals surface area contributed by atoms with E-state index in [2.05, 4.69) is 15.3 Å². The molecule has 26 heavy (non-hydrogen) atoms. The largest absolute Gasteiger partial charge is 0.493 e. The second kappa shape index (κ2) is 9.30. The average Bonchev–Trinajstić information content (AvgIpc) is 2.61. The maximum absolute atomic E-state index is 13.3. The molecule has 0 aromatic heterocycles. The van der Waals surface area contributed by atoms with Gasteiger partial charge in [-0.2, -0.15) is 13.9 Å². The van der Waals surface area contributed by atoms with Crippen LogP contribution in [0.3, 0.4) is 0 Å². The first-order valence-corrected chi connectivity index (χ1v) is 7.31. The summed E-state index contributed by atoms with van der Waals surface area (Å²) >= 11 is 0. The Morgan fingerprint density at radius 2 is 1.96 bits per heavy atom. The summed E-state index contributed by atoms with van der Waals surface area (Å²) in [5.74, 6) is -1.27. The van der Waals surface area contributed by atoms with E-state index >= 15 is 0 Å². The van der Waals surface area contributed by atoms with Gasteiger partial charge in [0, 0.05) is 0 Å². The van der Waals surface area contributed by atoms with Crippen LogP contribution in [0.25, 0.3) is 0 Å². The van der Waals surface area contributed by atoms with Crippen LogP contribution in [-0.2, 0) is 4.79 Å². The fourth-order valence-electron chi connectivity index (χ4n) is 1.87. The predicted molar refractivity (Wildman–Crippen MR) is 87.3 cm³/mol. The zero-order chi connectivity index (χ0) is 18.9. The van der Waals surface area contributed by atoms with Crippen LogP contribution in [0.2, 0.25) is 0 Å². The number of ether oxygens (including phenoxy) is 3. The molecule has 0 bridgehead atoms. The molecule has 2 rings (SSSR count). The summed E-state index contributed by atoms with van der Waals surface area (Å²) in [6, 6.07) is 9.81. The lowest BCUT2D eigenvalue weighted by Gasteiger charge is -2.10. The summed E-state index contributed by atoms with van der Waals surface area (Å²) in [7, 11) is 1.30. The van der Waals surface area contributed by atoms with E-state index in [4.69, 9.17) is 9.47 Å². The fourth-order valence-corrected chi connectivity index (χ4v) is 1.87. The van der Waals surface area contributed by atoms with Crippen molar-refractivity contribution in [2.45, 2.75) is 6.61 Å². The highest BCUT2D eigenvalue weighted by molar-refractivity contribution is 5.83. The van der Waals surface area contributed by atoms with Crippen LogP contribution >= 0.6 is 0 Å². The molecule has 0 aliphatic heterocycles. The van der Waals surface area contributed by atoms with E-state index in [0.29, 0.717) is 5.56 Å². The number of amides is 1. The summed E-state index contributed by atoms with van der Waals surface area (Å²) in [6.07, 6.45) is 1.27. The van der Waals surface area contributed by atoms with E-state index in [1.54, 1.807) is 6.07 Å². The Kier molecular flexibility index (Phi) is 6.84. The van der Waals surface area contributed by atoms with Gasteiger partial charge in [0.2, 0.25) is 0 Å². The quantitative estimate of drug-likeness (QED) is 0.575. The zero-order valence-corrected chi connectivity index (χ0v) is 13.6. The van der Waals surface area contributed by atoms with E-state index in [-0.39, 0.29) is 17.2 Å².